The van der Waals surface area contributed by atoms with Crippen molar-refractivity contribution >= 4 is 23.2 Å². The summed E-state index contributed by atoms with van der Waals surface area (Å²) in [6.45, 7) is 3.50. The molecule has 9 heteroatoms. The number of benzene rings is 1. The van der Waals surface area contributed by atoms with Crippen molar-refractivity contribution in [1.29, 1.82) is 0 Å². The number of carbonyl (C=O) groups excluding carboxylic acids is 1. The fraction of sp³-hybridized carbons (Fsp3) is 0.650. The van der Waals surface area contributed by atoms with Crippen molar-refractivity contribution in [3.05, 3.63) is 28.3 Å². The van der Waals surface area contributed by atoms with E-state index in [-0.39, 0.29) is 22.9 Å². The third-order valence-electron chi connectivity index (χ3n) is 5.95. The summed E-state index contributed by atoms with van der Waals surface area (Å²) in [6.07, 6.45) is 0.924. The third kappa shape index (κ3) is 5.35. The molecule has 2 saturated heterocycles. The molecule has 0 radical (unpaired) electrons. The monoisotopic (exact) mass is 432 g/mol. The number of hydrogen-bond acceptors (Lipinski definition) is 4. The van der Waals surface area contributed by atoms with E-state index in [0.29, 0.717) is 19.1 Å². The van der Waals surface area contributed by atoms with Gasteiger partial charge in [-0.3, -0.25) is 4.79 Å². The van der Waals surface area contributed by atoms with Crippen molar-refractivity contribution in [2.45, 2.75) is 56.8 Å². The molecular formula is C20H28ClF3N4O. The highest BCUT2D eigenvalue weighted by molar-refractivity contribution is 6.33. The lowest BCUT2D eigenvalue weighted by Crippen LogP contribution is -2.52. The van der Waals surface area contributed by atoms with Crippen LogP contribution in [0.3, 0.4) is 0 Å². The predicted octanol–water partition coefficient (Wildman–Crippen LogP) is 3.29. The number of alkyl halides is 3. The molecule has 29 heavy (non-hydrogen) atoms. The first kappa shape index (κ1) is 22.2. The zero-order valence-corrected chi connectivity index (χ0v) is 17.1. The minimum Gasteiger partial charge on any atom is -0.397 e. The van der Waals surface area contributed by atoms with Crippen LogP contribution in [0, 0.1) is 0 Å². The molecule has 0 aromatic heterocycles. The van der Waals surface area contributed by atoms with Gasteiger partial charge in [-0.25, -0.2) is 0 Å². The van der Waals surface area contributed by atoms with E-state index >= 15 is 0 Å². The number of halogens is 4. The van der Waals surface area contributed by atoms with Gasteiger partial charge in [0.05, 0.1) is 22.3 Å². The predicted molar refractivity (Wildman–Crippen MR) is 108 cm³/mol. The zero-order valence-electron chi connectivity index (χ0n) is 16.3. The summed E-state index contributed by atoms with van der Waals surface area (Å²) in [4.78, 5) is 17.0. The number of anilines is 1. The average Bonchev–Trinajstić information content (AvgIpc) is 2.70. The van der Waals surface area contributed by atoms with Gasteiger partial charge >= 0.3 is 6.18 Å². The number of piperidine rings is 2. The van der Waals surface area contributed by atoms with Gasteiger partial charge in [0, 0.05) is 19.1 Å². The highest BCUT2D eigenvalue weighted by Gasteiger charge is 2.35. The largest absolute Gasteiger partial charge is 0.418 e. The molecule has 5 nitrogen and oxygen atoms in total. The number of rotatable bonds is 4. The van der Waals surface area contributed by atoms with Crippen LogP contribution in [0.5, 0.6) is 0 Å². The van der Waals surface area contributed by atoms with Crippen LogP contribution in [0.2, 0.25) is 5.02 Å². The van der Waals surface area contributed by atoms with Crippen molar-refractivity contribution in [3.8, 4) is 0 Å². The maximum absolute atomic E-state index is 13.1. The first-order valence-corrected chi connectivity index (χ1v) is 10.5. The third-order valence-corrected chi connectivity index (χ3v) is 6.26. The van der Waals surface area contributed by atoms with E-state index in [1.807, 2.05) is 0 Å². The molecule has 1 unspecified atom stereocenters. The Kier molecular flexibility index (Phi) is 6.96. The highest BCUT2D eigenvalue weighted by Crippen LogP contribution is 2.38. The lowest BCUT2D eigenvalue weighted by atomic mass is 9.98. The molecule has 0 saturated carbocycles. The molecule has 1 atom stereocenters. The van der Waals surface area contributed by atoms with E-state index in [4.69, 9.17) is 23.1 Å². The first-order chi connectivity index (χ1) is 13.7. The Morgan fingerprint density at radius 1 is 1.14 bits per heavy atom. The zero-order chi connectivity index (χ0) is 21.2. The Hall–Kier alpha value is -1.51. The fourth-order valence-corrected chi connectivity index (χ4v) is 4.58. The second-order valence-electron chi connectivity index (χ2n) is 8.00. The molecule has 2 fully saturated rings. The molecule has 1 aromatic rings. The lowest BCUT2D eigenvalue weighted by Gasteiger charge is -2.40. The standard InChI is InChI=1S/C20H28ClF3N4O/c21-16-11-13(10-15(18(16)26)20(22,23)24)12-17(25)19(29)28-8-4-14(5-9-28)27-6-2-1-3-7-27/h10-11,14,17H,1-9,12,25-26H2. The van der Waals surface area contributed by atoms with Gasteiger partial charge in [-0.05, 0) is 62.9 Å². The summed E-state index contributed by atoms with van der Waals surface area (Å²) in [5.41, 5.74) is 10.2. The summed E-state index contributed by atoms with van der Waals surface area (Å²) in [6, 6.07) is 1.86. The number of nitrogen functional groups attached to an aromatic ring is 1. The molecule has 4 N–H and O–H groups in total. The van der Waals surface area contributed by atoms with Gasteiger partial charge in [0.2, 0.25) is 5.91 Å². The van der Waals surface area contributed by atoms with Gasteiger partial charge in [-0.15, -0.1) is 0 Å². The molecule has 3 rings (SSSR count). The van der Waals surface area contributed by atoms with Crippen molar-refractivity contribution in [1.82, 2.24) is 9.80 Å². The smallest absolute Gasteiger partial charge is 0.397 e. The second-order valence-corrected chi connectivity index (χ2v) is 8.41. The number of amides is 1. The first-order valence-electron chi connectivity index (χ1n) is 10.1. The Balaban J connectivity index is 1.59. The number of nitrogens with zero attached hydrogens (tertiary/aromatic N) is 2. The van der Waals surface area contributed by atoms with Crippen LogP contribution in [0.25, 0.3) is 0 Å². The number of hydrogen-bond donors (Lipinski definition) is 2. The number of carbonyl (C=O) groups is 1. The number of nitrogens with two attached hydrogens (primary N) is 2. The van der Waals surface area contributed by atoms with Gasteiger partial charge in [-0.1, -0.05) is 18.0 Å². The van der Waals surface area contributed by atoms with Gasteiger partial charge in [0.1, 0.15) is 0 Å². The summed E-state index contributed by atoms with van der Waals surface area (Å²) in [5, 5.41) is -0.184. The molecule has 162 valence electrons. The lowest BCUT2D eigenvalue weighted by molar-refractivity contribution is -0.137. The maximum Gasteiger partial charge on any atom is 0.418 e. The summed E-state index contributed by atoms with van der Waals surface area (Å²) < 4.78 is 39.4. The minimum atomic E-state index is -4.62. The maximum atomic E-state index is 13.1. The van der Waals surface area contributed by atoms with Gasteiger partial charge in [0.15, 0.2) is 0 Å². The topological polar surface area (TPSA) is 75.6 Å². The van der Waals surface area contributed by atoms with Gasteiger partial charge < -0.3 is 21.3 Å². The van der Waals surface area contributed by atoms with Crippen LogP contribution in [0.1, 0.15) is 43.2 Å². The highest BCUT2D eigenvalue weighted by atomic mass is 35.5. The Morgan fingerprint density at radius 3 is 2.34 bits per heavy atom. The van der Waals surface area contributed by atoms with E-state index in [0.717, 1.165) is 32.0 Å². The Labute approximate surface area is 174 Å². The molecule has 1 amide bonds. The van der Waals surface area contributed by atoms with Crippen LogP contribution < -0.4 is 11.5 Å². The molecule has 0 aliphatic carbocycles. The Bertz CT molecular complexity index is 729. The molecule has 2 aliphatic rings. The van der Waals surface area contributed by atoms with E-state index in [9.17, 15) is 18.0 Å². The van der Waals surface area contributed by atoms with Crippen molar-refractivity contribution < 1.29 is 18.0 Å². The fourth-order valence-electron chi connectivity index (χ4n) is 4.34. The van der Waals surface area contributed by atoms with Gasteiger partial charge in [-0.2, -0.15) is 13.2 Å². The van der Waals surface area contributed by atoms with E-state index in [1.54, 1.807) is 4.90 Å². The molecule has 2 aliphatic heterocycles. The molecule has 0 spiro atoms. The van der Waals surface area contributed by atoms with Crippen molar-refractivity contribution in [2.24, 2.45) is 5.73 Å². The molecular weight excluding hydrogens is 405 g/mol. The summed E-state index contributed by atoms with van der Waals surface area (Å²) in [7, 11) is 0. The van der Waals surface area contributed by atoms with Crippen LogP contribution in [-0.2, 0) is 17.4 Å². The Morgan fingerprint density at radius 2 is 1.76 bits per heavy atom. The molecule has 1 aromatic carbocycles. The summed E-state index contributed by atoms with van der Waals surface area (Å²) >= 11 is 5.86. The molecule has 2 heterocycles. The van der Waals surface area contributed by atoms with Crippen LogP contribution in [0.15, 0.2) is 12.1 Å². The van der Waals surface area contributed by atoms with Gasteiger partial charge in [0.25, 0.3) is 0 Å². The van der Waals surface area contributed by atoms with Crippen LogP contribution >= 0.6 is 11.6 Å². The summed E-state index contributed by atoms with van der Waals surface area (Å²) in [5.74, 6) is -0.233. The normalized spacial score (nSPS) is 20.7. The van der Waals surface area contributed by atoms with E-state index in [2.05, 4.69) is 4.90 Å². The van der Waals surface area contributed by atoms with Crippen LogP contribution in [-0.4, -0.2) is 54.0 Å². The van der Waals surface area contributed by atoms with E-state index < -0.39 is 23.5 Å². The molecule has 0 bridgehead atoms. The average molecular weight is 433 g/mol. The quantitative estimate of drug-likeness (QED) is 0.716. The number of likely N-dealkylation sites (tertiary alicyclic amines) is 2. The second kappa shape index (κ2) is 9.10. The van der Waals surface area contributed by atoms with Crippen LogP contribution in [0.4, 0.5) is 18.9 Å². The van der Waals surface area contributed by atoms with E-state index in [1.165, 1.54) is 25.3 Å². The minimum absolute atomic E-state index is 0.0199. The SMILES string of the molecule is Nc1c(Cl)cc(CC(N)C(=O)N2CCC(N3CCCCC3)CC2)cc1C(F)(F)F. The van der Waals surface area contributed by atoms with Crippen molar-refractivity contribution in [2.75, 3.05) is 31.9 Å². The van der Waals surface area contributed by atoms with Crippen molar-refractivity contribution in [3.63, 3.8) is 0 Å².